The molecule has 134 valence electrons. The highest BCUT2D eigenvalue weighted by atomic mass is 32.2. The summed E-state index contributed by atoms with van der Waals surface area (Å²) in [6.07, 6.45) is 1.64. The molecule has 0 aliphatic heterocycles. The lowest BCUT2D eigenvalue weighted by Gasteiger charge is -2.13. The normalized spacial score (nSPS) is 11.1. The second-order valence-corrected chi connectivity index (χ2v) is 6.83. The van der Waals surface area contributed by atoms with Gasteiger partial charge in [0, 0.05) is 18.3 Å². The number of benzene rings is 1. The minimum absolute atomic E-state index is 0.0540. The molecule has 1 heterocycles. The number of rotatable bonds is 8. The molecular formula is C17H21N3O4S. The van der Waals surface area contributed by atoms with Crippen LogP contribution in [0.3, 0.4) is 0 Å². The first-order valence-corrected chi connectivity index (χ1v) is 9.41. The maximum absolute atomic E-state index is 12.3. The summed E-state index contributed by atoms with van der Waals surface area (Å²) < 4.78 is 32.5. The number of aromatic nitrogens is 1. The van der Waals surface area contributed by atoms with Crippen LogP contribution in [0.5, 0.6) is 5.75 Å². The molecule has 0 aliphatic rings. The quantitative estimate of drug-likeness (QED) is 0.744. The zero-order valence-electron chi connectivity index (χ0n) is 14.2. The van der Waals surface area contributed by atoms with Gasteiger partial charge in [0.25, 0.3) is 5.91 Å². The van der Waals surface area contributed by atoms with Crippen molar-refractivity contribution >= 4 is 15.9 Å². The Bertz CT molecular complexity index is 823. The molecule has 0 spiro atoms. The Hall–Kier alpha value is -2.45. The van der Waals surface area contributed by atoms with Crippen LogP contribution in [-0.2, 0) is 16.6 Å². The van der Waals surface area contributed by atoms with Gasteiger partial charge in [0.1, 0.15) is 10.6 Å². The summed E-state index contributed by atoms with van der Waals surface area (Å²) in [5, 5.41) is 2.72. The molecular weight excluding hydrogens is 342 g/mol. The van der Waals surface area contributed by atoms with Gasteiger partial charge in [-0.25, -0.2) is 13.1 Å². The fourth-order valence-electron chi connectivity index (χ4n) is 2.18. The van der Waals surface area contributed by atoms with Crippen molar-refractivity contribution < 1.29 is 17.9 Å². The molecule has 0 unspecified atom stereocenters. The van der Waals surface area contributed by atoms with Crippen LogP contribution in [0.1, 0.15) is 29.9 Å². The maximum atomic E-state index is 12.3. The summed E-state index contributed by atoms with van der Waals surface area (Å²) in [5.74, 6) is -0.175. The molecule has 0 aliphatic carbocycles. The SMILES string of the molecule is CCNS(=O)(=O)c1cc(C(=O)NCc2ccccn2)ccc1OCC. The van der Waals surface area contributed by atoms with Gasteiger partial charge in [0.2, 0.25) is 10.0 Å². The van der Waals surface area contributed by atoms with E-state index in [1.54, 1.807) is 32.2 Å². The van der Waals surface area contributed by atoms with Crippen LogP contribution >= 0.6 is 0 Å². The number of nitrogens with one attached hydrogen (secondary N) is 2. The third-order valence-corrected chi connectivity index (χ3v) is 4.85. The van der Waals surface area contributed by atoms with Gasteiger partial charge in [-0.3, -0.25) is 9.78 Å². The fraction of sp³-hybridized carbons (Fsp3) is 0.294. The Kier molecular flexibility index (Phi) is 6.49. The summed E-state index contributed by atoms with van der Waals surface area (Å²) in [6.45, 7) is 4.25. The number of amides is 1. The van der Waals surface area contributed by atoms with E-state index in [2.05, 4.69) is 15.0 Å². The van der Waals surface area contributed by atoms with Crippen molar-refractivity contribution in [2.24, 2.45) is 0 Å². The van der Waals surface area contributed by atoms with Gasteiger partial charge in [-0.05, 0) is 37.3 Å². The number of sulfonamides is 1. The van der Waals surface area contributed by atoms with E-state index >= 15 is 0 Å². The number of hydrogen-bond acceptors (Lipinski definition) is 5. The smallest absolute Gasteiger partial charge is 0.251 e. The van der Waals surface area contributed by atoms with E-state index in [0.29, 0.717) is 12.3 Å². The molecule has 2 aromatic rings. The molecule has 7 nitrogen and oxygen atoms in total. The topological polar surface area (TPSA) is 97.4 Å². The summed E-state index contributed by atoms with van der Waals surface area (Å²) in [6, 6.07) is 9.74. The van der Waals surface area contributed by atoms with E-state index < -0.39 is 10.0 Å². The highest BCUT2D eigenvalue weighted by Gasteiger charge is 2.21. The lowest BCUT2D eigenvalue weighted by molar-refractivity contribution is 0.0950. The zero-order chi connectivity index (χ0) is 18.3. The van der Waals surface area contributed by atoms with Crippen molar-refractivity contribution in [2.45, 2.75) is 25.3 Å². The van der Waals surface area contributed by atoms with Crippen LogP contribution in [0.25, 0.3) is 0 Å². The second-order valence-electron chi connectivity index (χ2n) is 5.10. The monoisotopic (exact) mass is 363 g/mol. The van der Waals surface area contributed by atoms with E-state index in [1.165, 1.54) is 18.2 Å². The van der Waals surface area contributed by atoms with Crippen molar-refractivity contribution in [3.05, 3.63) is 53.9 Å². The van der Waals surface area contributed by atoms with Crippen molar-refractivity contribution in [2.75, 3.05) is 13.2 Å². The van der Waals surface area contributed by atoms with Crippen LogP contribution in [0.2, 0.25) is 0 Å². The Balaban J connectivity index is 2.24. The highest BCUT2D eigenvalue weighted by molar-refractivity contribution is 7.89. The summed E-state index contributed by atoms with van der Waals surface area (Å²) >= 11 is 0. The highest BCUT2D eigenvalue weighted by Crippen LogP contribution is 2.25. The number of carbonyl (C=O) groups is 1. The van der Waals surface area contributed by atoms with Crippen molar-refractivity contribution in [1.29, 1.82) is 0 Å². The lowest BCUT2D eigenvalue weighted by Crippen LogP contribution is -2.26. The molecule has 1 aromatic carbocycles. The second kappa shape index (κ2) is 8.59. The summed E-state index contributed by atoms with van der Waals surface area (Å²) in [7, 11) is -3.75. The van der Waals surface area contributed by atoms with E-state index in [-0.39, 0.29) is 35.2 Å². The predicted octanol–water partition coefficient (Wildman–Crippen LogP) is 1.71. The largest absolute Gasteiger partial charge is 0.492 e. The molecule has 0 radical (unpaired) electrons. The van der Waals surface area contributed by atoms with Gasteiger partial charge in [-0.15, -0.1) is 0 Å². The molecule has 8 heteroatoms. The molecule has 2 rings (SSSR count). The molecule has 0 bridgehead atoms. The maximum Gasteiger partial charge on any atom is 0.251 e. The molecule has 2 N–H and O–H groups in total. The fourth-order valence-corrected chi connectivity index (χ4v) is 3.39. The van der Waals surface area contributed by atoms with Gasteiger partial charge in [-0.1, -0.05) is 13.0 Å². The molecule has 0 saturated heterocycles. The average molecular weight is 363 g/mol. The van der Waals surface area contributed by atoms with Crippen LogP contribution in [0.4, 0.5) is 0 Å². The van der Waals surface area contributed by atoms with E-state index in [9.17, 15) is 13.2 Å². The first-order valence-electron chi connectivity index (χ1n) is 7.92. The van der Waals surface area contributed by atoms with Crippen LogP contribution in [0, 0.1) is 0 Å². The Morgan fingerprint density at radius 3 is 2.64 bits per heavy atom. The average Bonchev–Trinajstić information content (AvgIpc) is 2.61. The number of ether oxygens (including phenoxy) is 1. The first-order chi connectivity index (χ1) is 12.0. The number of carbonyl (C=O) groups excluding carboxylic acids is 1. The number of pyridine rings is 1. The van der Waals surface area contributed by atoms with Crippen molar-refractivity contribution in [1.82, 2.24) is 15.0 Å². The third-order valence-electron chi connectivity index (χ3n) is 3.29. The van der Waals surface area contributed by atoms with Crippen LogP contribution in [-0.4, -0.2) is 32.5 Å². The Labute approximate surface area is 147 Å². The van der Waals surface area contributed by atoms with Crippen molar-refractivity contribution in [3.63, 3.8) is 0 Å². The van der Waals surface area contributed by atoms with Crippen LogP contribution in [0.15, 0.2) is 47.5 Å². The number of nitrogens with zero attached hydrogens (tertiary/aromatic N) is 1. The molecule has 0 saturated carbocycles. The third kappa shape index (κ3) is 5.01. The zero-order valence-corrected chi connectivity index (χ0v) is 15.0. The number of hydrogen-bond donors (Lipinski definition) is 2. The first kappa shape index (κ1) is 18.9. The van der Waals surface area contributed by atoms with Gasteiger partial charge < -0.3 is 10.1 Å². The van der Waals surface area contributed by atoms with Crippen LogP contribution < -0.4 is 14.8 Å². The molecule has 1 aromatic heterocycles. The molecule has 25 heavy (non-hydrogen) atoms. The minimum atomic E-state index is -3.75. The lowest BCUT2D eigenvalue weighted by atomic mass is 10.2. The van der Waals surface area contributed by atoms with Crippen molar-refractivity contribution in [3.8, 4) is 5.75 Å². The van der Waals surface area contributed by atoms with Gasteiger partial charge in [-0.2, -0.15) is 0 Å². The molecule has 0 atom stereocenters. The molecule has 0 fully saturated rings. The standard InChI is InChI=1S/C17H21N3O4S/c1-3-20-25(22,23)16-11-13(8-9-15(16)24-4-2)17(21)19-12-14-7-5-6-10-18-14/h5-11,20H,3-4,12H2,1-2H3,(H,19,21). The Morgan fingerprint density at radius 2 is 2.00 bits per heavy atom. The summed E-state index contributed by atoms with van der Waals surface area (Å²) in [5.41, 5.74) is 0.943. The predicted molar refractivity (Wildman–Crippen MR) is 93.9 cm³/mol. The van der Waals surface area contributed by atoms with E-state index in [4.69, 9.17) is 4.74 Å². The summed E-state index contributed by atoms with van der Waals surface area (Å²) in [4.78, 5) is 16.4. The molecule has 1 amide bonds. The van der Waals surface area contributed by atoms with E-state index in [1.807, 2.05) is 6.07 Å². The minimum Gasteiger partial charge on any atom is -0.492 e. The Morgan fingerprint density at radius 1 is 1.20 bits per heavy atom. The van der Waals surface area contributed by atoms with E-state index in [0.717, 1.165) is 0 Å². The van der Waals surface area contributed by atoms with Gasteiger partial charge in [0.15, 0.2) is 0 Å². The van der Waals surface area contributed by atoms with Gasteiger partial charge >= 0.3 is 0 Å². The van der Waals surface area contributed by atoms with Gasteiger partial charge in [0.05, 0.1) is 18.8 Å².